The Morgan fingerprint density at radius 2 is 2.07 bits per heavy atom. The van der Waals surface area contributed by atoms with Crippen LogP contribution in [0, 0.1) is 0 Å². The third kappa shape index (κ3) is 4.41. The summed E-state index contributed by atoms with van der Waals surface area (Å²) in [5.74, 6) is -0.385. The van der Waals surface area contributed by atoms with Crippen LogP contribution in [0.4, 0.5) is 13.2 Å². The third-order valence-corrected chi connectivity index (χ3v) is 4.04. The number of amides is 1. The molecule has 1 aliphatic heterocycles. The highest BCUT2D eigenvalue weighted by Crippen LogP contribution is 2.28. The lowest BCUT2D eigenvalue weighted by molar-refractivity contribution is -0.141. The van der Waals surface area contributed by atoms with Crippen LogP contribution in [0.15, 0.2) is 29.2 Å². The molecule has 2 aromatic rings. The van der Waals surface area contributed by atoms with Crippen molar-refractivity contribution in [2.24, 2.45) is 7.05 Å². The average Bonchev–Trinajstić information content (AvgIpc) is 2.63. The summed E-state index contributed by atoms with van der Waals surface area (Å²) in [5.41, 5.74) is -1.33. The largest absolute Gasteiger partial charge is 0.458 e. The first-order chi connectivity index (χ1) is 12.7. The lowest BCUT2D eigenvalue weighted by Crippen LogP contribution is -2.45. The Balaban J connectivity index is 1.70. The molecule has 1 atom stereocenters. The summed E-state index contributed by atoms with van der Waals surface area (Å²) in [6.07, 6.45) is -3.01. The molecule has 0 radical (unpaired) electrons. The lowest BCUT2D eigenvalue weighted by Gasteiger charge is -2.32. The number of alkyl halides is 3. The van der Waals surface area contributed by atoms with E-state index in [1.165, 1.54) is 24.1 Å². The Morgan fingerprint density at radius 3 is 2.78 bits per heavy atom. The van der Waals surface area contributed by atoms with Gasteiger partial charge < -0.3 is 9.64 Å². The Morgan fingerprint density at radius 1 is 1.30 bits per heavy atom. The molecule has 1 amide bonds. The highest BCUT2D eigenvalue weighted by atomic mass is 19.4. The Kier molecular flexibility index (Phi) is 5.10. The van der Waals surface area contributed by atoms with E-state index in [0.717, 1.165) is 16.9 Å². The molecule has 1 unspecified atom stereocenters. The Bertz CT molecular complexity index is 899. The summed E-state index contributed by atoms with van der Waals surface area (Å²) in [6, 6.07) is 2.96. The van der Waals surface area contributed by atoms with Gasteiger partial charge >= 0.3 is 12.2 Å². The zero-order valence-electron chi connectivity index (χ0n) is 14.3. The number of aromatic nitrogens is 4. The van der Waals surface area contributed by atoms with Gasteiger partial charge in [-0.2, -0.15) is 23.3 Å². The van der Waals surface area contributed by atoms with E-state index in [9.17, 15) is 22.8 Å². The molecule has 144 valence electrons. The molecule has 3 rings (SSSR count). The predicted octanol–water partition coefficient (Wildman–Crippen LogP) is 1.27. The van der Waals surface area contributed by atoms with Gasteiger partial charge in [0.05, 0.1) is 6.54 Å². The number of nitrogens with zero attached hydrogens (tertiary/aromatic N) is 5. The van der Waals surface area contributed by atoms with Gasteiger partial charge in [-0.1, -0.05) is 0 Å². The molecule has 27 heavy (non-hydrogen) atoms. The molecule has 11 heteroatoms. The van der Waals surface area contributed by atoms with Crippen molar-refractivity contribution >= 4 is 5.91 Å². The van der Waals surface area contributed by atoms with Crippen LogP contribution in [-0.2, 0) is 13.2 Å². The van der Waals surface area contributed by atoms with Gasteiger partial charge in [-0.3, -0.25) is 9.59 Å². The van der Waals surface area contributed by atoms with Crippen molar-refractivity contribution in [3.8, 4) is 6.01 Å². The van der Waals surface area contributed by atoms with Gasteiger partial charge in [0.2, 0.25) is 0 Å². The number of piperidine rings is 1. The number of halogens is 3. The van der Waals surface area contributed by atoms with Crippen molar-refractivity contribution in [3.63, 3.8) is 0 Å². The maximum atomic E-state index is 12.7. The molecule has 0 saturated carbocycles. The van der Waals surface area contributed by atoms with Gasteiger partial charge in [0.15, 0.2) is 5.69 Å². The Labute approximate surface area is 151 Å². The second-order valence-electron chi connectivity index (χ2n) is 6.04. The summed E-state index contributed by atoms with van der Waals surface area (Å²) in [5, 5.41) is 3.92. The fourth-order valence-electron chi connectivity index (χ4n) is 2.70. The number of aryl methyl sites for hydroxylation is 1. The maximum Gasteiger partial charge on any atom is 0.433 e. The molecular weight excluding hydrogens is 367 g/mol. The number of carbonyl (C=O) groups excluding carboxylic acids is 1. The van der Waals surface area contributed by atoms with Gasteiger partial charge in [0.25, 0.3) is 11.5 Å². The average molecular weight is 383 g/mol. The first-order valence-electron chi connectivity index (χ1n) is 8.14. The first-order valence-corrected chi connectivity index (χ1v) is 8.14. The number of carbonyl (C=O) groups is 1. The standard InChI is InChI=1S/C16H16F3N5O3/c1-23-13(25)5-4-11(22-23)14(26)24-8-2-3-10(9-24)27-15-20-7-6-12(21-15)16(17,18)19/h4-7,10H,2-3,8-9H2,1H3. The zero-order chi connectivity index (χ0) is 19.6. The fourth-order valence-corrected chi connectivity index (χ4v) is 2.70. The third-order valence-electron chi connectivity index (χ3n) is 4.04. The van der Waals surface area contributed by atoms with Gasteiger partial charge in [-0.05, 0) is 25.0 Å². The van der Waals surface area contributed by atoms with E-state index in [1.807, 2.05) is 0 Å². The highest BCUT2D eigenvalue weighted by Gasteiger charge is 2.33. The normalized spacial score (nSPS) is 17.6. The van der Waals surface area contributed by atoms with Crippen LogP contribution < -0.4 is 10.3 Å². The second-order valence-corrected chi connectivity index (χ2v) is 6.04. The minimum atomic E-state index is -4.59. The SMILES string of the molecule is Cn1nc(C(=O)N2CCCC(Oc3nccc(C(F)(F)F)n3)C2)ccc1=O. The van der Waals surface area contributed by atoms with Crippen LogP contribution in [0.3, 0.4) is 0 Å². The van der Waals surface area contributed by atoms with E-state index >= 15 is 0 Å². The summed E-state index contributed by atoms with van der Waals surface area (Å²) < 4.78 is 44.7. The molecule has 0 N–H and O–H groups in total. The number of ether oxygens (including phenoxy) is 1. The van der Waals surface area contributed by atoms with Gasteiger partial charge in [0, 0.05) is 25.9 Å². The second kappa shape index (κ2) is 7.33. The minimum Gasteiger partial charge on any atom is -0.458 e. The zero-order valence-corrected chi connectivity index (χ0v) is 14.3. The molecule has 0 aromatic carbocycles. The van der Waals surface area contributed by atoms with E-state index < -0.39 is 18.0 Å². The van der Waals surface area contributed by atoms with E-state index in [4.69, 9.17) is 4.74 Å². The number of hydrogen-bond donors (Lipinski definition) is 0. The first kappa shape index (κ1) is 18.8. The van der Waals surface area contributed by atoms with E-state index in [-0.39, 0.29) is 29.7 Å². The maximum absolute atomic E-state index is 12.7. The Hall–Kier alpha value is -2.98. The molecule has 0 spiro atoms. The number of rotatable bonds is 3. The van der Waals surface area contributed by atoms with Gasteiger partial charge in [0.1, 0.15) is 11.8 Å². The van der Waals surface area contributed by atoms with Crippen LogP contribution in [0.25, 0.3) is 0 Å². The number of hydrogen-bond acceptors (Lipinski definition) is 6. The van der Waals surface area contributed by atoms with Crippen molar-refractivity contribution in [2.45, 2.75) is 25.1 Å². The molecular formula is C16H16F3N5O3. The molecule has 1 aliphatic rings. The summed E-state index contributed by atoms with van der Waals surface area (Å²) in [6.45, 7) is 0.607. The molecule has 2 aromatic heterocycles. The molecule has 1 saturated heterocycles. The minimum absolute atomic E-state index is 0.105. The van der Waals surface area contributed by atoms with Crippen LogP contribution in [-0.4, -0.2) is 49.7 Å². The topological polar surface area (TPSA) is 90.2 Å². The van der Waals surface area contributed by atoms with E-state index in [0.29, 0.717) is 19.4 Å². The summed E-state index contributed by atoms with van der Waals surface area (Å²) in [7, 11) is 1.44. The monoisotopic (exact) mass is 383 g/mol. The van der Waals surface area contributed by atoms with Crippen molar-refractivity contribution in [3.05, 3.63) is 46.1 Å². The molecule has 0 aliphatic carbocycles. The highest BCUT2D eigenvalue weighted by molar-refractivity contribution is 5.92. The van der Waals surface area contributed by atoms with Gasteiger partial charge in [-0.15, -0.1) is 0 Å². The fraction of sp³-hybridized carbons (Fsp3) is 0.438. The smallest absolute Gasteiger partial charge is 0.433 e. The molecule has 3 heterocycles. The summed E-state index contributed by atoms with van der Waals surface area (Å²) in [4.78, 5) is 32.5. The van der Waals surface area contributed by atoms with Crippen molar-refractivity contribution in [2.75, 3.05) is 13.1 Å². The van der Waals surface area contributed by atoms with E-state index in [1.54, 1.807) is 0 Å². The van der Waals surface area contributed by atoms with Crippen LogP contribution in [0.2, 0.25) is 0 Å². The van der Waals surface area contributed by atoms with Crippen molar-refractivity contribution < 1.29 is 22.7 Å². The van der Waals surface area contributed by atoms with Crippen LogP contribution in [0.1, 0.15) is 29.0 Å². The quantitative estimate of drug-likeness (QED) is 0.793. The van der Waals surface area contributed by atoms with Crippen molar-refractivity contribution in [1.29, 1.82) is 0 Å². The van der Waals surface area contributed by atoms with Crippen molar-refractivity contribution in [1.82, 2.24) is 24.6 Å². The molecule has 1 fully saturated rings. The van der Waals surface area contributed by atoms with Crippen LogP contribution >= 0.6 is 0 Å². The predicted molar refractivity (Wildman–Crippen MR) is 86.1 cm³/mol. The number of likely N-dealkylation sites (tertiary alicyclic amines) is 1. The van der Waals surface area contributed by atoms with Gasteiger partial charge in [-0.25, -0.2) is 9.67 Å². The molecule has 8 nitrogen and oxygen atoms in total. The van der Waals surface area contributed by atoms with Crippen LogP contribution in [0.5, 0.6) is 6.01 Å². The lowest BCUT2D eigenvalue weighted by atomic mass is 10.1. The molecule has 0 bridgehead atoms. The van der Waals surface area contributed by atoms with E-state index in [2.05, 4.69) is 15.1 Å². The summed E-state index contributed by atoms with van der Waals surface area (Å²) >= 11 is 0.